The van der Waals surface area contributed by atoms with E-state index >= 15 is 0 Å². The van der Waals surface area contributed by atoms with Crippen LogP contribution >= 0.6 is 0 Å². The first-order chi connectivity index (χ1) is 7.81. The van der Waals surface area contributed by atoms with Gasteiger partial charge in [-0.1, -0.05) is 6.92 Å². The van der Waals surface area contributed by atoms with E-state index in [1.165, 1.54) is 0 Å². The van der Waals surface area contributed by atoms with Gasteiger partial charge in [0.05, 0.1) is 11.9 Å². The lowest BCUT2D eigenvalue weighted by molar-refractivity contribution is 0.635. The zero-order chi connectivity index (χ0) is 11.1. The van der Waals surface area contributed by atoms with Gasteiger partial charge in [0.2, 0.25) is 0 Å². The Kier molecular flexibility index (Phi) is 2.09. The molecule has 0 spiro atoms. The van der Waals surface area contributed by atoms with E-state index in [9.17, 15) is 4.79 Å². The second-order valence-corrected chi connectivity index (χ2v) is 4.37. The van der Waals surface area contributed by atoms with Gasteiger partial charge in [-0.2, -0.15) is 5.10 Å². The molecular formula is C12H15N3O. The van der Waals surface area contributed by atoms with Crippen LogP contribution in [0.25, 0.3) is 5.65 Å². The third-order valence-corrected chi connectivity index (χ3v) is 3.43. The van der Waals surface area contributed by atoms with Gasteiger partial charge in [-0.05, 0) is 32.1 Å². The first kappa shape index (κ1) is 9.63. The predicted octanol–water partition coefficient (Wildman–Crippen LogP) is 1.46. The minimum absolute atomic E-state index is 0.0809. The Hall–Kier alpha value is -1.58. The molecule has 0 saturated carbocycles. The molecule has 0 unspecified atom stereocenters. The number of aryl methyl sites for hydroxylation is 2. The summed E-state index contributed by atoms with van der Waals surface area (Å²) in [6.07, 6.45) is 6.90. The molecule has 0 saturated heterocycles. The lowest BCUT2D eigenvalue weighted by atomic mass is 9.97. The topological polar surface area (TPSA) is 50.2 Å². The fraction of sp³-hybridized carbons (Fsp3) is 0.500. The molecule has 0 atom stereocenters. The third kappa shape index (κ3) is 1.22. The van der Waals surface area contributed by atoms with Crippen molar-refractivity contribution in [1.82, 2.24) is 14.6 Å². The quantitative estimate of drug-likeness (QED) is 0.786. The highest BCUT2D eigenvalue weighted by molar-refractivity contribution is 5.48. The van der Waals surface area contributed by atoms with E-state index < -0.39 is 0 Å². The van der Waals surface area contributed by atoms with Crippen LogP contribution in [0.2, 0.25) is 0 Å². The van der Waals surface area contributed by atoms with E-state index in [0.29, 0.717) is 0 Å². The highest BCUT2D eigenvalue weighted by Crippen LogP contribution is 2.19. The number of H-pyrrole nitrogens is 1. The van der Waals surface area contributed by atoms with E-state index in [-0.39, 0.29) is 5.56 Å². The van der Waals surface area contributed by atoms with Crippen LogP contribution in [0.5, 0.6) is 0 Å². The van der Waals surface area contributed by atoms with E-state index in [4.69, 9.17) is 0 Å². The molecule has 84 valence electrons. The van der Waals surface area contributed by atoms with E-state index in [1.807, 2.05) is 10.7 Å². The number of hydrogen-bond donors (Lipinski definition) is 1. The molecule has 1 N–H and O–H groups in total. The Morgan fingerprint density at radius 2 is 2.25 bits per heavy atom. The molecule has 0 amide bonds. The number of rotatable bonds is 1. The predicted molar refractivity (Wildman–Crippen MR) is 61.8 cm³/mol. The van der Waals surface area contributed by atoms with Crippen molar-refractivity contribution < 1.29 is 0 Å². The average Bonchev–Trinajstić information content (AvgIpc) is 2.72. The third-order valence-electron chi connectivity index (χ3n) is 3.43. The van der Waals surface area contributed by atoms with Gasteiger partial charge in [-0.15, -0.1) is 0 Å². The maximum absolute atomic E-state index is 11.9. The van der Waals surface area contributed by atoms with Crippen molar-refractivity contribution in [3.8, 4) is 0 Å². The van der Waals surface area contributed by atoms with Crippen molar-refractivity contribution in [2.24, 2.45) is 0 Å². The molecule has 0 fully saturated rings. The zero-order valence-electron chi connectivity index (χ0n) is 9.42. The first-order valence-electron chi connectivity index (χ1n) is 5.92. The number of hydrogen-bond acceptors (Lipinski definition) is 2. The summed E-state index contributed by atoms with van der Waals surface area (Å²) in [4.78, 5) is 14.9. The van der Waals surface area contributed by atoms with Crippen molar-refractivity contribution in [2.75, 3.05) is 0 Å². The van der Waals surface area contributed by atoms with Crippen molar-refractivity contribution in [3.63, 3.8) is 0 Å². The van der Waals surface area contributed by atoms with Gasteiger partial charge in [0.1, 0.15) is 5.65 Å². The Balaban J connectivity index is 2.38. The van der Waals surface area contributed by atoms with E-state index in [1.54, 1.807) is 0 Å². The van der Waals surface area contributed by atoms with Gasteiger partial charge in [0, 0.05) is 11.1 Å². The second kappa shape index (κ2) is 3.47. The molecule has 0 aromatic carbocycles. The minimum atomic E-state index is 0.0809. The van der Waals surface area contributed by atoms with Crippen LogP contribution in [0.3, 0.4) is 0 Å². The Bertz CT molecular complexity index is 594. The van der Waals surface area contributed by atoms with Crippen LogP contribution in [0.1, 0.15) is 36.6 Å². The summed E-state index contributed by atoms with van der Waals surface area (Å²) >= 11 is 0. The average molecular weight is 217 g/mol. The molecule has 3 rings (SSSR count). The van der Waals surface area contributed by atoms with Gasteiger partial charge in [-0.3, -0.25) is 4.79 Å². The minimum Gasteiger partial charge on any atom is -0.306 e. The monoisotopic (exact) mass is 217 g/mol. The Morgan fingerprint density at radius 1 is 1.44 bits per heavy atom. The van der Waals surface area contributed by atoms with Crippen molar-refractivity contribution in [1.29, 1.82) is 0 Å². The second-order valence-electron chi connectivity index (χ2n) is 4.37. The number of aromatic amines is 1. The lowest BCUT2D eigenvalue weighted by Crippen LogP contribution is -2.23. The van der Waals surface area contributed by atoms with E-state index in [0.717, 1.165) is 54.6 Å². The molecule has 1 aliphatic carbocycles. The highest BCUT2D eigenvalue weighted by Gasteiger charge is 2.18. The zero-order valence-corrected chi connectivity index (χ0v) is 9.42. The molecule has 0 bridgehead atoms. The summed E-state index contributed by atoms with van der Waals surface area (Å²) < 4.78 is 1.93. The van der Waals surface area contributed by atoms with Crippen LogP contribution in [-0.4, -0.2) is 14.6 Å². The smallest absolute Gasteiger partial charge is 0.254 e. The number of nitrogens with zero attached hydrogens (tertiary/aromatic N) is 2. The maximum atomic E-state index is 11.9. The first-order valence-corrected chi connectivity index (χ1v) is 5.92. The maximum Gasteiger partial charge on any atom is 0.254 e. The summed E-state index contributed by atoms with van der Waals surface area (Å²) in [5.41, 5.74) is 4.13. The molecule has 4 heteroatoms. The molecule has 4 nitrogen and oxygen atoms in total. The fourth-order valence-electron chi connectivity index (χ4n) is 2.53. The molecule has 2 heterocycles. The fourth-order valence-corrected chi connectivity index (χ4v) is 2.53. The van der Waals surface area contributed by atoms with Crippen LogP contribution < -0.4 is 5.56 Å². The molecule has 0 radical (unpaired) electrons. The van der Waals surface area contributed by atoms with Crippen LogP contribution in [0, 0.1) is 0 Å². The van der Waals surface area contributed by atoms with Crippen LogP contribution in [0.4, 0.5) is 0 Å². The standard InChI is InChI=1S/C12H15N3O/c1-2-8-7-13-15-10-6-4-3-5-9(10)12(16)14-11(8)15/h7H,2-6H2,1H3,(H,14,16). The van der Waals surface area contributed by atoms with Gasteiger partial charge in [0.25, 0.3) is 5.56 Å². The van der Waals surface area contributed by atoms with Crippen molar-refractivity contribution >= 4 is 5.65 Å². The van der Waals surface area contributed by atoms with E-state index in [2.05, 4.69) is 17.0 Å². The summed E-state index contributed by atoms with van der Waals surface area (Å²) in [5.74, 6) is 0. The molecular weight excluding hydrogens is 202 g/mol. The molecule has 2 aromatic rings. The van der Waals surface area contributed by atoms with Gasteiger partial charge < -0.3 is 4.98 Å². The Labute approximate surface area is 93.3 Å². The Morgan fingerprint density at radius 3 is 3.06 bits per heavy atom. The van der Waals surface area contributed by atoms with Crippen LogP contribution in [0.15, 0.2) is 11.0 Å². The van der Waals surface area contributed by atoms with Gasteiger partial charge >= 0.3 is 0 Å². The summed E-state index contributed by atoms with van der Waals surface area (Å²) in [6, 6.07) is 0. The van der Waals surface area contributed by atoms with Gasteiger partial charge in [0.15, 0.2) is 0 Å². The molecule has 2 aromatic heterocycles. The summed E-state index contributed by atoms with van der Waals surface area (Å²) in [5, 5.41) is 4.39. The molecule has 1 aliphatic rings. The number of aromatic nitrogens is 3. The molecule has 16 heavy (non-hydrogen) atoms. The van der Waals surface area contributed by atoms with Gasteiger partial charge in [-0.25, -0.2) is 4.52 Å². The summed E-state index contributed by atoms with van der Waals surface area (Å²) in [6.45, 7) is 2.08. The lowest BCUT2D eigenvalue weighted by Gasteiger charge is -2.15. The van der Waals surface area contributed by atoms with Crippen molar-refractivity contribution in [2.45, 2.75) is 39.0 Å². The molecule has 0 aliphatic heterocycles. The number of nitrogens with one attached hydrogen (secondary N) is 1. The normalized spacial score (nSPS) is 15.3. The SMILES string of the molecule is CCc1cnn2c3c(c(=O)[nH]c12)CCCC3. The van der Waals surface area contributed by atoms with Crippen LogP contribution in [-0.2, 0) is 19.3 Å². The van der Waals surface area contributed by atoms with Crippen molar-refractivity contribution in [3.05, 3.63) is 33.4 Å². The largest absolute Gasteiger partial charge is 0.306 e. The number of fused-ring (bicyclic) bond motifs is 3. The summed E-state index contributed by atoms with van der Waals surface area (Å²) in [7, 11) is 0. The highest BCUT2D eigenvalue weighted by atomic mass is 16.1.